The highest BCUT2D eigenvalue weighted by molar-refractivity contribution is 9.10. The zero-order valence-electron chi connectivity index (χ0n) is 12.6. The lowest BCUT2D eigenvalue weighted by atomic mass is 10.1. The van der Waals surface area contributed by atoms with Gasteiger partial charge >= 0.3 is 0 Å². The predicted octanol–water partition coefficient (Wildman–Crippen LogP) is 3.31. The Balaban J connectivity index is 1.89. The average molecular weight is 354 g/mol. The van der Waals surface area contributed by atoms with Crippen molar-refractivity contribution < 1.29 is 4.79 Å². The number of nitrogen functional groups attached to an aromatic ring is 1. The minimum Gasteiger partial charge on any atom is -0.397 e. The number of carbonyl (C=O) groups excluding carboxylic acids is 1. The average Bonchev–Trinajstić information content (AvgIpc) is 2.66. The third-order valence-corrected chi connectivity index (χ3v) is 4.50. The molecule has 2 rings (SSSR count). The maximum Gasteiger partial charge on any atom is 0.239 e. The van der Waals surface area contributed by atoms with Crippen molar-refractivity contribution in [1.82, 2.24) is 5.32 Å². The fraction of sp³-hybridized carbons (Fsp3) is 0.562. The van der Waals surface area contributed by atoms with Crippen LogP contribution in [0, 0.1) is 0 Å². The third-order valence-electron chi connectivity index (χ3n) is 4.00. The summed E-state index contributed by atoms with van der Waals surface area (Å²) >= 11 is 3.39. The molecule has 116 valence electrons. The van der Waals surface area contributed by atoms with E-state index in [0.29, 0.717) is 18.3 Å². The molecule has 0 atom stereocenters. The van der Waals surface area contributed by atoms with E-state index < -0.39 is 0 Å². The summed E-state index contributed by atoms with van der Waals surface area (Å²) in [6.07, 6.45) is 7.25. The van der Waals surface area contributed by atoms with Gasteiger partial charge in [-0.1, -0.05) is 41.6 Å². The number of anilines is 2. The number of rotatable bonds is 4. The molecule has 1 saturated carbocycles. The van der Waals surface area contributed by atoms with Crippen LogP contribution in [0.1, 0.15) is 38.5 Å². The van der Waals surface area contributed by atoms with E-state index in [0.717, 1.165) is 23.0 Å². The van der Waals surface area contributed by atoms with Gasteiger partial charge in [-0.25, -0.2) is 0 Å². The van der Waals surface area contributed by atoms with Gasteiger partial charge in [0.05, 0.1) is 17.9 Å². The van der Waals surface area contributed by atoms with Crippen molar-refractivity contribution in [1.29, 1.82) is 0 Å². The number of nitrogens with zero attached hydrogens (tertiary/aromatic N) is 1. The van der Waals surface area contributed by atoms with E-state index in [-0.39, 0.29) is 5.91 Å². The fourth-order valence-corrected chi connectivity index (χ4v) is 3.25. The number of carbonyl (C=O) groups is 1. The highest BCUT2D eigenvalue weighted by Gasteiger charge is 2.16. The molecule has 0 spiro atoms. The van der Waals surface area contributed by atoms with Gasteiger partial charge in [0.1, 0.15) is 0 Å². The van der Waals surface area contributed by atoms with Crippen molar-refractivity contribution >= 4 is 33.2 Å². The number of nitrogens with one attached hydrogen (secondary N) is 1. The number of hydrogen-bond donors (Lipinski definition) is 2. The normalized spacial score (nSPS) is 16.3. The van der Waals surface area contributed by atoms with Crippen molar-refractivity contribution in [3.05, 3.63) is 22.7 Å². The van der Waals surface area contributed by atoms with Crippen LogP contribution in [0.5, 0.6) is 0 Å². The van der Waals surface area contributed by atoms with Gasteiger partial charge < -0.3 is 16.0 Å². The maximum atomic E-state index is 12.2. The molecule has 1 aromatic carbocycles. The molecular formula is C16H24BrN3O. The lowest BCUT2D eigenvalue weighted by Crippen LogP contribution is -2.41. The number of amides is 1. The Hall–Kier alpha value is -1.23. The number of benzene rings is 1. The number of nitrogens with two attached hydrogens (primary N) is 1. The van der Waals surface area contributed by atoms with Crippen LogP contribution in [0.25, 0.3) is 0 Å². The van der Waals surface area contributed by atoms with Crippen LogP contribution < -0.4 is 16.0 Å². The zero-order chi connectivity index (χ0) is 15.2. The first kappa shape index (κ1) is 16.1. The summed E-state index contributed by atoms with van der Waals surface area (Å²) in [6, 6.07) is 6.06. The molecule has 1 amide bonds. The molecule has 1 fully saturated rings. The van der Waals surface area contributed by atoms with Crippen molar-refractivity contribution in [3.63, 3.8) is 0 Å². The van der Waals surface area contributed by atoms with E-state index in [9.17, 15) is 4.79 Å². The van der Waals surface area contributed by atoms with Crippen LogP contribution in [-0.2, 0) is 4.79 Å². The molecule has 0 aromatic heterocycles. The molecule has 1 aliphatic rings. The molecule has 0 bridgehead atoms. The highest BCUT2D eigenvalue weighted by atomic mass is 79.9. The smallest absolute Gasteiger partial charge is 0.239 e. The predicted molar refractivity (Wildman–Crippen MR) is 91.5 cm³/mol. The SMILES string of the molecule is CN(CC(=O)NC1CCCCCC1)c1ccc(Br)cc1N. The summed E-state index contributed by atoms with van der Waals surface area (Å²) in [5.41, 5.74) is 7.56. The summed E-state index contributed by atoms with van der Waals surface area (Å²) < 4.78 is 0.944. The Kier molecular flexibility index (Phi) is 5.91. The van der Waals surface area contributed by atoms with E-state index in [4.69, 9.17) is 5.73 Å². The molecule has 1 aromatic rings. The Labute approximate surface area is 135 Å². The molecule has 21 heavy (non-hydrogen) atoms. The van der Waals surface area contributed by atoms with Crippen LogP contribution in [-0.4, -0.2) is 25.5 Å². The minimum absolute atomic E-state index is 0.0757. The lowest BCUT2D eigenvalue weighted by molar-refractivity contribution is -0.120. The zero-order valence-corrected chi connectivity index (χ0v) is 14.2. The largest absolute Gasteiger partial charge is 0.397 e. The Bertz CT molecular complexity index is 484. The fourth-order valence-electron chi connectivity index (χ4n) is 2.87. The van der Waals surface area contributed by atoms with Gasteiger partial charge in [0.15, 0.2) is 0 Å². The first-order chi connectivity index (χ1) is 10.1. The molecule has 4 nitrogen and oxygen atoms in total. The lowest BCUT2D eigenvalue weighted by Gasteiger charge is -2.23. The van der Waals surface area contributed by atoms with Crippen LogP contribution in [0.3, 0.4) is 0 Å². The number of halogens is 1. The molecule has 0 unspecified atom stereocenters. The van der Waals surface area contributed by atoms with Crippen LogP contribution in [0.2, 0.25) is 0 Å². The van der Waals surface area contributed by atoms with Crippen molar-refractivity contribution in [3.8, 4) is 0 Å². The molecule has 5 heteroatoms. The van der Waals surface area contributed by atoms with Crippen molar-refractivity contribution in [2.75, 3.05) is 24.2 Å². The summed E-state index contributed by atoms with van der Waals surface area (Å²) in [5.74, 6) is 0.0757. The molecule has 3 N–H and O–H groups in total. The Morgan fingerprint density at radius 1 is 1.33 bits per heavy atom. The molecule has 0 saturated heterocycles. The topological polar surface area (TPSA) is 58.4 Å². The third kappa shape index (κ3) is 4.92. The quantitative estimate of drug-likeness (QED) is 0.644. The summed E-state index contributed by atoms with van der Waals surface area (Å²) in [7, 11) is 1.90. The molecule has 0 heterocycles. The van der Waals surface area contributed by atoms with Gasteiger partial charge in [-0.3, -0.25) is 4.79 Å². The molecule has 0 aliphatic heterocycles. The minimum atomic E-state index is 0.0757. The van der Waals surface area contributed by atoms with Gasteiger partial charge in [-0.05, 0) is 31.0 Å². The Morgan fingerprint density at radius 3 is 2.62 bits per heavy atom. The second-order valence-electron chi connectivity index (χ2n) is 5.82. The van der Waals surface area contributed by atoms with E-state index in [1.54, 1.807) is 0 Å². The second-order valence-corrected chi connectivity index (χ2v) is 6.73. The van der Waals surface area contributed by atoms with Gasteiger partial charge in [0.25, 0.3) is 0 Å². The number of likely N-dealkylation sites (N-methyl/N-ethyl adjacent to an activating group) is 1. The van der Waals surface area contributed by atoms with E-state index >= 15 is 0 Å². The van der Waals surface area contributed by atoms with Crippen LogP contribution in [0.15, 0.2) is 22.7 Å². The first-order valence-corrected chi connectivity index (χ1v) is 8.41. The standard InChI is InChI=1S/C16H24BrN3O/c1-20(15-9-8-12(17)10-14(15)18)11-16(21)19-13-6-4-2-3-5-7-13/h8-10,13H,2-7,11,18H2,1H3,(H,19,21). The Morgan fingerprint density at radius 2 is 2.00 bits per heavy atom. The highest BCUT2D eigenvalue weighted by Crippen LogP contribution is 2.25. The van der Waals surface area contributed by atoms with Crippen LogP contribution in [0.4, 0.5) is 11.4 Å². The van der Waals surface area contributed by atoms with E-state index in [1.807, 2.05) is 30.1 Å². The first-order valence-electron chi connectivity index (χ1n) is 7.62. The van der Waals surface area contributed by atoms with E-state index in [1.165, 1.54) is 25.7 Å². The number of hydrogen-bond acceptors (Lipinski definition) is 3. The second kappa shape index (κ2) is 7.69. The summed E-state index contributed by atoms with van der Waals surface area (Å²) in [6.45, 7) is 0.336. The molecular weight excluding hydrogens is 330 g/mol. The van der Waals surface area contributed by atoms with E-state index in [2.05, 4.69) is 21.2 Å². The monoisotopic (exact) mass is 353 g/mol. The van der Waals surface area contributed by atoms with Gasteiger partial charge in [0, 0.05) is 17.6 Å². The van der Waals surface area contributed by atoms with Gasteiger partial charge in [-0.2, -0.15) is 0 Å². The van der Waals surface area contributed by atoms with Crippen LogP contribution >= 0.6 is 15.9 Å². The molecule has 0 radical (unpaired) electrons. The van der Waals surface area contributed by atoms with Gasteiger partial charge in [0.2, 0.25) is 5.91 Å². The van der Waals surface area contributed by atoms with Crippen molar-refractivity contribution in [2.45, 2.75) is 44.6 Å². The van der Waals surface area contributed by atoms with Crippen molar-refractivity contribution in [2.24, 2.45) is 0 Å². The summed E-state index contributed by atoms with van der Waals surface area (Å²) in [4.78, 5) is 14.1. The summed E-state index contributed by atoms with van der Waals surface area (Å²) in [5, 5.41) is 3.16. The molecule has 1 aliphatic carbocycles. The van der Waals surface area contributed by atoms with Gasteiger partial charge in [-0.15, -0.1) is 0 Å². The maximum absolute atomic E-state index is 12.2.